The molecule has 1 aliphatic rings. The van der Waals surface area contributed by atoms with Crippen molar-refractivity contribution in [2.45, 2.75) is 19.4 Å². The Hall–Kier alpha value is -1.59. The molecule has 0 saturated carbocycles. The highest BCUT2D eigenvalue weighted by atomic mass is 16.5. The maximum absolute atomic E-state index is 5.59. The first kappa shape index (κ1) is 12.9. The van der Waals surface area contributed by atoms with Gasteiger partial charge in [0, 0.05) is 19.3 Å². The minimum Gasteiger partial charge on any atom is -0.382 e. The molecule has 1 heterocycles. The van der Waals surface area contributed by atoms with Crippen molar-refractivity contribution in [1.29, 1.82) is 0 Å². The molecule has 0 aliphatic carbocycles. The molecule has 0 bridgehead atoms. The lowest BCUT2D eigenvalue weighted by Crippen LogP contribution is -2.45. The lowest BCUT2D eigenvalue weighted by atomic mass is 10.2. The van der Waals surface area contributed by atoms with Gasteiger partial charge in [-0.1, -0.05) is 18.2 Å². The van der Waals surface area contributed by atoms with Gasteiger partial charge in [-0.15, -0.1) is 0 Å². The van der Waals surface area contributed by atoms with Crippen molar-refractivity contribution in [3.8, 4) is 0 Å². The molecule has 0 radical (unpaired) electrons. The number of hydrazine groups is 1. The van der Waals surface area contributed by atoms with Crippen LogP contribution in [0.1, 0.15) is 12.5 Å². The van der Waals surface area contributed by atoms with Crippen LogP contribution in [0.25, 0.3) is 0 Å². The van der Waals surface area contributed by atoms with E-state index in [2.05, 4.69) is 33.5 Å². The summed E-state index contributed by atoms with van der Waals surface area (Å²) in [6.07, 6.45) is 1.02. The average Bonchev–Trinajstić information content (AvgIpc) is 2.80. The summed E-state index contributed by atoms with van der Waals surface area (Å²) in [6.45, 7) is 3.49. The number of nitrogens with two attached hydrogens (primary N) is 1. The smallest absolute Gasteiger partial charge is 0.213 e. The zero-order chi connectivity index (χ0) is 13.0. The van der Waals surface area contributed by atoms with Gasteiger partial charge in [0.2, 0.25) is 5.96 Å². The van der Waals surface area contributed by atoms with Crippen LogP contribution in [0.4, 0.5) is 5.69 Å². The second kappa shape index (κ2) is 5.84. The predicted molar refractivity (Wildman–Crippen MR) is 73.6 cm³/mol. The third-order valence-corrected chi connectivity index (χ3v) is 3.02. The minimum absolute atomic E-state index is 0.0776. The first-order valence-electron chi connectivity index (χ1n) is 6.15. The Kier molecular flexibility index (Phi) is 4.17. The lowest BCUT2D eigenvalue weighted by Gasteiger charge is -2.22. The average molecular weight is 248 g/mol. The van der Waals surface area contributed by atoms with E-state index in [0.29, 0.717) is 12.6 Å². The highest BCUT2D eigenvalue weighted by Gasteiger charge is 2.22. The zero-order valence-electron chi connectivity index (χ0n) is 10.9. The van der Waals surface area contributed by atoms with E-state index in [4.69, 9.17) is 10.6 Å². The summed E-state index contributed by atoms with van der Waals surface area (Å²) < 4.78 is 5.09. The van der Waals surface area contributed by atoms with Gasteiger partial charge in [-0.05, 0) is 25.0 Å². The molecule has 1 aromatic rings. The largest absolute Gasteiger partial charge is 0.382 e. The topological polar surface area (TPSA) is 62.9 Å². The highest BCUT2D eigenvalue weighted by molar-refractivity contribution is 5.97. The van der Waals surface area contributed by atoms with Crippen molar-refractivity contribution in [3.05, 3.63) is 29.8 Å². The van der Waals surface area contributed by atoms with E-state index >= 15 is 0 Å². The molecule has 1 aromatic carbocycles. The standard InChI is InChI=1S/C13H20N4O/c1-10(9-18-2)15-13(16-14)17-8-7-11-5-3-4-6-12(11)17/h3-6,10H,7-9,14H2,1-2H3,(H,15,16). The fourth-order valence-corrected chi connectivity index (χ4v) is 2.23. The molecule has 18 heavy (non-hydrogen) atoms. The van der Waals surface area contributed by atoms with E-state index in [1.54, 1.807) is 7.11 Å². The van der Waals surface area contributed by atoms with Gasteiger partial charge in [0.15, 0.2) is 0 Å². The third kappa shape index (κ3) is 2.63. The molecule has 1 unspecified atom stereocenters. The number of methoxy groups -OCH3 is 1. The molecular weight excluding hydrogens is 228 g/mol. The number of nitrogens with zero attached hydrogens (tertiary/aromatic N) is 2. The molecule has 5 nitrogen and oxygen atoms in total. The maximum atomic E-state index is 5.59. The number of rotatable bonds is 3. The van der Waals surface area contributed by atoms with Gasteiger partial charge in [-0.2, -0.15) is 0 Å². The molecule has 1 aliphatic heterocycles. The molecule has 0 fully saturated rings. The van der Waals surface area contributed by atoms with E-state index in [1.807, 2.05) is 13.0 Å². The van der Waals surface area contributed by atoms with Gasteiger partial charge in [-0.3, -0.25) is 5.43 Å². The molecule has 0 amide bonds. The van der Waals surface area contributed by atoms with Crippen LogP contribution in [0, 0.1) is 0 Å². The number of para-hydroxylation sites is 1. The predicted octanol–water partition coefficient (Wildman–Crippen LogP) is 0.903. The summed E-state index contributed by atoms with van der Waals surface area (Å²) in [4.78, 5) is 6.66. The Morgan fingerprint density at radius 3 is 3.06 bits per heavy atom. The minimum atomic E-state index is 0.0776. The molecule has 0 spiro atoms. The second-order valence-corrected chi connectivity index (χ2v) is 4.43. The number of benzene rings is 1. The SMILES string of the molecule is COCC(C)N=C(NN)N1CCc2ccccc21. The van der Waals surface area contributed by atoms with Gasteiger partial charge in [0.05, 0.1) is 12.6 Å². The van der Waals surface area contributed by atoms with Crippen molar-refractivity contribution in [2.75, 3.05) is 25.2 Å². The van der Waals surface area contributed by atoms with Crippen LogP contribution in [0.3, 0.4) is 0 Å². The monoisotopic (exact) mass is 248 g/mol. The van der Waals surface area contributed by atoms with Crippen molar-refractivity contribution < 1.29 is 4.74 Å². The number of hydrogen-bond acceptors (Lipinski definition) is 3. The van der Waals surface area contributed by atoms with Crippen molar-refractivity contribution in [3.63, 3.8) is 0 Å². The van der Waals surface area contributed by atoms with Gasteiger partial charge >= 0.3 is 0 Å². The molecular formula is C13H20N4O. The van der Waals surface area contributed by atoms with Crippen LogP contribution < -0.4 is 16.2 Å². The van der Waals surface area contributed by atoms with E-state index in [-0.39, 0.29) is 6.04 Å². The third-order valence-electron chi connectivity index (χ3n) is 3.02. The van der Waals surface area contributed by atoms with Crippen LogP contribution in [-0.2, 0) is 11.2 Å². The summed E-state index contributed by atoms with van der Waals surface area (Å²) in [6, 6.07) is 8.40. The molecule has 1 atom stereocenters. The van der Waals surface area contributed by atoms with Crippen molar-refractivity contribution in [2.24, 2.45) is 10.8 Å². The molecule has 3 N–H and O–H groups in total. The quantitative estimate of drug-likeness (QED) is 0.361. The summed E-state index contributed by atoms with van der Waals surface area (Å²) in [5.41, 5.74) is 5.21. The normalized spacial score (nSPS) is 16.6. The van der Waals surface area contributed by atoms with E-state index in [1.165, 1.54) is 11.3 Å². The Morgan fingerprint density at radius 2 is 2.33 bits per heavy atom. The van der Waals surface area contributed by atoms with Gasteiger partial charge in [0.1, 0.15) is 0 Å². The van der Waals surface area contributed by atoms with E-state index in [9.17, 15) is 0 Å². The molecule has 5 heteroatoms. The van der Waals surface area contributed by atoms with Crippen LogP contribution in [0.5, 0.6) is 0 Å². The molecule has 0 saturated heterocycles. The number of hydrogen-bond donors (Lipinski definition) is 2. The van der Waals surface area contributed by atoms with Crippen molar-refractivity contribution in [1.82, 2.24) is 5.43 Å². The number of anilines is 1. The fourth-order valence-electron chi connectivity index (χ4n) is 2.23. The number of aliphatic imine (C=N–C) groups is 1. The Bertz CT molecular complexity index is 433. The van der Waals surface area contributed by atoms with Gasteiger partial charge in [-0.25, -0.2) is 10.8 Å². The first-order valence-corrected chi connectivity index (χ1v) is 6.15. The maximum Gasteiger partial charge on any atom is 0.213 e. The summed E-state index contributed by atoms with van der Waals surface area (Å²) >= 11 is 0. The highest BCUT2D eigenvalue weighted by Crippen LogP contribution is 2.27. The second-order valence-electron chi connectivity index (χ2n) is 4.43. The van der Waals surface area contributed by atoms with Crippen LogP contribution >= 0.6 is 0 Å². The van der Waals surface area contributed by atoms with Crippen LogP contribution in [-0.4, -0.2) is 32.3 Å². The Labute approximate surface area is 108 Å². The molecule has 98 valence electrons. The summed E-state index contributed by atoms with van der Waals surface area (Å²) in [5, 5.41) is 0. The van der Waals surface area contributed by atoms with Crippen LogP contribution in [0.2, 0.25) is 0 Å². The fraction of sp³-hybridized carbons (Fsp3) is 0.462. The summed E-state index contributed by atoms with van der Waals surface area (Å²) in [5.74, 6) is 6.29. The van der Waals surface area contributed by atoms with Gasteiger partial charge < -0.3 is 9.64 Å². The number of guanidine groups is 1. The van der Waals surface area contributed by atoms with Gasteiger partial charge in [0.25, 0.3) is 0 Å². The van der Waals surface area contributed by atoms with Crippen LogP contribution in [0.15, 0.2) is 29.3 Å². The number of nitrogens with one attached hydrogen (secondary N) is 1. The van der Waals surface area contributed by atoms with E-state index in [0.717, 1.165) is 13.0 Å². The zero-order valence-corrected chi connectivity index (χ0v) is 10.9. The first-order chi connectivity index (χ1) is 8.76. The number of ether oxygens (including phenoxy) is 1. The summed E-state index contributed by atoms with van der Waals surface area (Å²) in [7, 11) is 1.67. The van der Waals surface area contributed by atoms with Crippen molar-refractivity contribution >= 4 is 11.6 Å². The van der Waals surface area contributed by atoms with E-state index < -0.39 is 0 Å². The lowest BCUT2D eigenvalue weighted by molar-refractivity contribution is 0.185. The number of fused-ring (bicyclic) bond motifs is 1. The Morgan fingerprint density at radius 1 is 1.56 bits per heavy atom. The molecule has 0 aromatic heterocycles. The molecule has 2 rings (SSSR count). The Balaban J connectivity index is 2.20.